The van der Waals surface area contributed by atoms with Gasteiger partial charge in [0, 0.05) is 0 Å². The van der Waals surface area contributed by atoms with Gasteiger partial charge in [0.2, 0.25) is 0 Å². The lowest BCUT2D eigenvalue weighted by Crippen LogP contribution is -2.22. The van der Waals surface area contributed by atoms with Crippen LogP contribution in [-0.2, 0) is 14.3 Å². The molecule has 0 fully saturated rings. The molecule has 0 aromatic heterocycles. The molecule has 0 rings (SSSR count). The monoisotopic (exact) mass is 184 g/mol. The number of ether oxygens (including phenoxy) is 2. The largest absolute Gasteiger partial charge is 0.490 e. The van der Waals surface area contributed by atoms with Gasteiger partial charge in [0.1, 0.15) is 0 Å². The third-order valence-electron chi connectivity index (χ3n) is 0.716. The fourth-order valence-electron chi connectivity index (χ4n) is 0.331. The van der Waals surface area contributed by atoms with Gasteiger partial charge in [-0.05, 0) is 0 Å². The highest BCUT2D eigenvalue weighted by Gasteiger charge is 2.29. The van der Waals surface area contributed by atoms with Crippen LogP contribution in [0.4, 0.5) is 13.2 Å². The molecule has 0 aliphatic rings. The Kier molecular flexibility index (Phi) is 4.17. The summed E-state index contributed by atoms with van der Waals surface area (Å²) < 4.78 is 42.3. The number of halogens is 3. The van der Waals surface area contributed by atoms with Crippen molar-refractivity contribution in [2.75, 3.05) is 13.2 Å². The highest BCUT2D eigenvalue weighted by molar-refractivity contribution is 5.70. The lowest BCUT2D eigenvalue weighted by molar-refractivity contribution is -0.188. The van der Waals surface area contributed by atoms with Crippen LogP contribution in [-0.4, -0.2) is 25.4 Å². The average molecular weight is 184 g/mol. The van der Waals surface area contributed by atoms with E-state index in [-0.39, 0.29) is 0 Å². The quantitative estimate of drug-likeness (QED) is 0.487. The molecule has 0 aliphatic heterocycles. The van der Waals surface area contributed by atoms with Crippen molar-refractivity contribution in [1.82, 2.24) is 0 Å². The van der Waals surface area contributed by atoms with Gasteiger partial charge < -0.3 is 9.47 Å². The summed E-state index contributed by atoms with van der Waals surface area (Å²) in [6, 6.07) is 0. The Balaban J connectivity index is 3.51. The first-order valence-electron chi connectivity index (χ1n) is 2.90. The van der Waals surface area contributed by atoms with Crippen molar-refractivity contribution in [3.63, 3.8) is 0 Å². The first kappa shape index (κ1) is 10.8. The molecule has 0 aliphatic carbocycles. The summed E-state index contributed by atoms with van der Waals surface area (Å²) in [4.78, 5) is 10.4. The van der Waals surface area contributed by atoms with E-state index in [4.69, 9.17) is 0 Å². The second-order valence-corrected chi connectivity index (χ2v) is 1.75. The van der Waals surface area contributed by atoms with Gasteiger partial charge in [-0.15, -0.1) is 0 Å². The Hall–Kier alpha value is -1.20. The third-order valence-corrected chi connectivity index (χ3v) is 0.716. The fourth-order valence-corrected chi connectivity index (χ4v) is 0.331. The molecule has 0 saturated heterocycles. The van der Waals surface area contributed by atoms with E-state index in [0.29, 0.717) is 0 Å². The zero-order chi connectivity index (χ0) is 9.61. The molecular formula is C6H7F3O3. The van der Waals surface area contributed by atoms with Crippen LogP contribution in [0.3, 0.4) is 0 Å². The van der Waals surface area contributed by atoms with Crippen molar-refractivity contribution in [2.24, 2.45) is 0 Å². The van der Waals surface area contributed by atoms with E-state index in [9.17, 15) is 18.0 Å². The van der Waals surface area contributed by atoms with Crippen molar-refractivity contribution in [2.45, 2.75) is 6.18 Å². The maximum atomic E-state index is 11.4. The van der Waals surface area contributed by atoms with Crippen LogP contribution < -0.4 is 0 Å². The number of carbonyl (C=O) groups excluding carboxylic acids is 1. The van der Waals surface area contributed by atoms with Gasteiger partial charge in [0.25, 0.3) is 0 Å². The van der Waals surface area contributed by atoms with Gasteiger partial charge >= 0.3 is 12.1 Å². The highest BCUT2D eigenvalue weighted by atomic mass is 19.4. The molecule has 0 heterocycles. The van der Waals surface area contributed by atoms with E-state index in [2.05, 4.69) is 16.1 Å². The molecule has 0 bridgehead atoms. The van der Waals surface area contributed by atoms with E-state index < -0.39 is 25.4 Å². The van der Waals surface area contributed by atoms with Crippen molar-refractivity contribution in [3.05, 3.63) is 12.8 Å². The maximum Gasteiger partial charge on any atom is 0.422 e. The molecule has 0 amide bonds. The molecule has 0 spiro atoms. The number of rotatable bonds is 4. The SMILES string of the molecule is C=COCC(=O)OCC(F)(F)F. The molecule has 0 N–H and O–H groups in total. The molecule has 12 heavy (non-hydrogen) atoms. The molecule has 0 aromatic carbocycles. The first-order valence-corrected chi connectivity index (χ1v) is 2.90. The van der Waals surface area contributed by atoms with Crippen LogP contribution in [0, 0.1) is 0 Å². The molecule has 0 unspecified atom stereocenters. The van der Waals surface area contributed by atoms with Crippen LogP contribution >= 0.6 is 0 Å². The van der Waals surface area contributed by atoms with Crippen molar-refractivity contribution >= 4 is 5.97 Å². The minimum atomic E-state index is -4.50. The maximum absolute atomic E-state index is 11.4. The van der Waals surface area contributed by atoms with Gasteiger partial charge in [-0.3, -0.25) is 0 Å². The standard InChI is InChI=1S/C6H7F3O3/c1-2-11-3-5(10)12-4-6(7,8)9/h2H,1,3-4H2. The molecule has 0 saturated carbocycles. The summed E-state index contributed by atoms with van der Waals surface area (Å²) in [7, 11) is 0. The third kappa shape index (κ3) is 6.91. The van der Waals surface area contributed by atoms with Crippen LogP contribution in [0.25, 0.3) is 0 Å². The molecule has 0 radical (unpaired) electrons. The average Bonchev–Trinajstić information content (AvgIpc) is 1.95. The minimum Gasteiger partial charge on any atom is -0.490 e. The molecule has 0 aromatic rings. The molecule has 70 valence electrons. The Morgan fingerprint density at radius 1 is 1.50 bits per heavy atom. The predicted octanol–water partition coefficient (Wildman–Crippen LogP) is 1.25. The zero-order valence-electron chi connectivity index (χ0n) is 6.06. The highest BCUT2D eigenvalue weighted by Crippen LogP contribution is 2.14. The number of carbonyl (C=O) groups is 1. The molecule has 6 heteroatoms. The molecular weight excluding hydrogens is 177 g/mol. The lowest BCUT2D eigenvalue weighted by Gasteiger charge is -2.06. The van der Waals surface area contributed by atoms with Gasteiger partial charge in [-0.1, -0.05) is 6.58 Å². The minimum absolute atomic E-state index is 0.556. The summed E-state index contributed by atoms with van der Waals surface area (Å²) in [5.74, 6) is -1.08. The van der Waals surface area contributed by atoms with Crippen molar-refractivity contribution < 1.29 is 27.4 Å². The van der Waals surface area contributed by atoms with Crippen LogP contribution in [0.15, 0.2) is 12.8 Å². The summed E-state index contributed by atoms with van der Waals surface area (Å²) in [6.45, 7) is 0.942. The topological polar surface area (TPSA) is 35.5 Å². The number of esters is 1. The predicted molar refractivity (Wildman–Crippen MR) is 33.2 cm³/mol. The van der Waals surface area contributed by atoms with Gasteiger partial charge in [0.15, 0.2) is 13.2 Å². The second kappa shape index (κ2) is 4.63. The summed E-state index contributed by atoms with van der Waals surface area (Å²) >= 11 is 0. The fraction of sp³-hybridized carbons (Fsp3) is 0.500. The van der Waals surface area contributed by atoms with E-state index in [0.717, 1.165) is 6.26 Å². The van der Waals surface area contributed by atoms with E-state index in [1.807, 2.05) is 0 Å². The van der Waals surface area contributed by atoms with Crippen LogP contribution in [0.5, 0.6) is 0 Å². The Labute approximate surface area is 66.8 Å². The van der Waals surface area contributed by atoms with Crippen molar-refractivity contribution in [3.8, 4) is 0 Å². The summed E-state index contributed by atoms with van der Waals surface area (Å²) in [6.07, 6.45) is -3.56. The Morgan fingerprint density at radius 3 is 2.50 bits per heavy atom. The summed E-state index contributed by atoms with van der Waals surface area (Å²) in [5, 5.41) is 0. The Morgan fingerprint density at radius 2 is 2.08 bits per heavy atom. The number of alkyl halides is 3. The first-order chi connectivity index (χ1) is 5.45. The molecule has 3 nitrogen and oxygen atoms in total. The lowest BCUT2D eigenvalue weighted by atomic mass is 10.7. The van der Waals surface area contributed by atoms with Crippen molar-refractivity contribution in [1.29, 1.82) is 0 Å². The van der Waals surface area contributed by atoms with Gasteiger partial charge in [-0.25, -0.2) is 4.79 Å². The smallest absolute Gasteiger partial charge is 0.422 e. The summed E-state index contributed by atoms with van der Waals surface area (Å²) in [5.41, 5.74) is 0. The van der Waals surface area contributed by atoms with E-state index in [1.165, 1.54) is 0 Å². The number of hydrogen-bond donors (Lipinski definition) is 0. The zero-order valence-corrected chi connectivity index (χ0v) is 6.06. The van der Waals surface area contributed by atoms with Crippen LogP contribution in [0.2, 0.25) is 0 Å². The Bertz CT molecular complexity index is 164. The number of hydrogen-bond acceptors (Lipinski definition) is 3. The van der Waals surface area contributed by atoms with E-state index >= 15 is 0 Å². The second-order valence-electron chi connectivity index (χ2n) is 1.75. The van der Waals surface area contributed by atoms with Gasteiger partial charge in [-0.2, -0.15) is 13.2 Å². The normalized spacial score (nSPS) is 10.6. The van der Waals surface area contributed by atoms with Gasteiger partial charge in [0.05, 0.1) is 6.26 Å². The van der Waals surface area contributed by atoms with Crippen LogP contribution in [0.1, 0.15) is 0 Å². The molecule has 0 atom stereocenters. The van der Waals surface area contributed by atoms with E-state index in [1.54, 1.807) is 0 Å².